The molecule has 0 aromatic carbocycles. The monoisotopic (exact) mass is 472 g/mol. The van der Waals surface area contributed by atoms with Crippen molar-refractivity contribution in [1.29, 1.82) is 0 Å². The third-order valence-corrected chi connectivity index (χ3v) is 5.94. The Morgan fingerprint density at radius 3 is 2.87 bits per heavy atom. The maximum absolute atomic E-state index is 13.2. The topological polar surface area (TPSA) is 132 Å². The third-order valence-electron chi connectivity index (χ3n) is 5.50. The molecule has 0 aliphatic carbocycles. The van der Waals surface area contributed by atoms with Crippen LogP contribution in [0.2, 0.25) is 0 Å². The molecular weight excluding hydrogens is 452 g/mol. The number of amides is 2. The lowest BCUT2D eigenvalue weighted by atomic mass is 10.0. The van der Waals surface area contributed by atoms with E-state index >= 15 is 0 Å². The molecule has 0 bridgehead atoms. The fraction of sp³-hybridized carbons (Fsp3) is 0.368. The Balaban J connectivity index is 1.55. The SMILES string of the molecule is C[C@@H]1C[C@@H](C(=O)Nc2cccc(Br)n2)N(C(=O)Cn2ncc3c(N)ncnc32)[C@@H]1C. The van der Waals surface area contributed by atoms with E-state index < -0.39 is 6.04 Å². The molecule has 3 atom stereocenters. The van der Waals surface area contributed by atoms with E-state index in [-0.39, 0.29) is 30.3 Å². The van der Waals surface area contributed by atoms with Crippen molar-refractivity contribution in [3.05, 3.63) is 35.3 Å². The molecule has 0 radical (unpaired) electrons. The fourth-order valence-electron chi connectivity index (χ4n) is 3.78. The summed E-state index contributed by atoms with van der Waals surface area (Å²) in [5, 5.41) is 7.63. The molecule has 1 fully saturated rings. The van der Waals surface area contributed by atoms with E-state index in [0.717, 1.165) is 0 Å². The first-order valence-electron chi connectivity index (χ1n) is 9.51. The highest BCUT2D eigenvalue weighted by atomic mass is 79.9. The number of hydrogen-bond acceptors (Lipinski definition) is 7. The second-order valence-electron chi connectivity index (χ2n) is 7.40. The minimum absolute atomic E-state index is 0.0457. The summed E-state index contributed by atoms with van der Waals surface area (Å²) in [7, 11) is 0. The van der Waals surface area contributed by atoms with Crippen LogP contribution in [0.1, 0.15) is 20.3 Å². The first kappa shape index (κ1) is 20.2. The number of nitrogen functional groups attached to an aromatic ring is 1. The van der Waals surface area contributed by atoms with Crippen molar-refractivity contribution in [1.82, 2.24) is 29.6 Å². The van der Waals surface area contributed by atoms with Gasteiger partial charge in [0.1, 0.15) is 35.2 Å². The van der Waals surface area contributed by atoms with Crippen molar-refractivity contribution < 1.29 is 9.59 Å². The Kier molecular flexibility index (Phi) is 5.37. The molecule has 30 heavy (non-hydrogen) atoms. The Labute approximate surface area is 181 Å². The summed E-state index contributed by atoms with van der Waals surface area (Å²) in [5.41, 5.74) is 6.33. The van der Waals surface area contributed by atoms with Crippen molar-refractivity contribution in [2.24, 2.45) is 5.92 Å². The van der Waals surface area contributed by atoms with Gasteiger partial charge in [0.25, 0.3) is 0 Å². The predicted octanol–water partition coefficient (Wildman–Crippen LogP) is 1.83. The fourth-order valence-corrected chi connectivity index (χ4v) is 4.12. The van der Waals surface area contributed by atoms with Gasteiger partial charge in [0, 0.05) is 6.04 Å². The number of nitrogens with two attached hydrogens (primary N) is 1. The second-order valence-corrected chi connectivity index (χ2v) is 8.22. The summed E-state index contributed by atoms with van der Waals surface area (Å²) >= 11 is 3.29. The lowest BCUT2D eigenvalue weighted by Gasteiger charge is -2.28. The number of carbonyl (C=O) groups excluding carboxylic acids is 2. The number of aromatic nitrogens is 5. The van der Waals surface area contributed by atoms with Crippen LogP contribution in [-0.2, 0) is 16.1 Å². The van der Waals surface area contributed by atoms with Crippen LogP contribution < -0.4 is 11.1 Å². The van der Waals surface area contributed by atoms with Gasteiger partial charge in [0.15, 0.2) is 5.65 Å². The van der Waals surface area contributed by atoms with E-state index in [4.69, 9.17) is 5.73 Å². The van der Waals surface area contributed by atoms with Crippen molar-refractivity contribution in [3.63, 3.8) is 0 Å². The number of likely N-dealkylation sites (tertiary alicyclic amines) is 1. The number of anilines is 2. The molecular formula is C19H21BrN8O2. The number of carbonyl (C=O) groups is 2. The lowest BCUT2D eigenvalue weighted by molar-refractivity contribution is -0.139. The van der Waals surface area contributed by atoms with Gasteiger partial charge in [-0.15, -0.1) is 0 Å². The molecule has 4 rings (SSSR count). The van der Waals surface area contributed by atoms with Crippen molar-refractivity contribution in [3.8, 4) is 0 Å². The zero-order chi connectivity index (χ0) is 21.4. The Morgan fingerprint density at radius 2 is 2.10 bits per heavy atom. The van der Waals surface area contributed by atoms with Gasteiger partial charge >= 0.3 is 0 Å². The van der Waals surface area contributed by atoms with Crippen LogP contribution in [0.3, 0.4) is 0 Å². The first-order valence-corrected chi connectivity index (χ1v) is 10.3. The molecule has 156 valence electrons. The summed E-state index contributed by atoms with van der Waals surface area (Å²) in [4.78, 5) is 40.2. The van der Waals surface area contributed by atoms with E-state index in [1.54, 1.807) is 23.1 Å². The Bertz CT molecular complexity index is 1120. The summed E-state index contributed by atoms with van der Waals surface area (Å²) < 4.78 is 2.10. The van der Waals surface area contributed by atoms with Gasteiger partial charge in [-0.2, -0.15) is 5.10 Å². The molecule has 1 aliphatic rings. The predicted molar refractivity (Wildman–Crippen MR) is 114 cm³/mol. The van der Waals surface area contributed by atoms with Crippen LogP contribution in [0.4, 0.5) is 11.6 Å². The molecule has 1 saturated heterocycles. The number of fused-ring (bicyclic) bond motifs is 1. The highest BCUT2D eigenvalue weighted by Gasteiger charge is 2.43. The first-order chi connectivity index (χ1) is 14.3. The second kappa shape index (κ2) is 7.98. The Morgan fingerprint density at radius 1 is 1.30 bits per heavy atom. The highest BCUT2D eigenvalue weighted by Crippen LogP contribution is 2.31. The molecule has 0 spiro atoms. The maximum atomic E-state index is 13.2. The minimum atomic E-state index is -0.593. The van der Waals surface area contributed by atoms with Crippen LogP contribution >= 0.6 is 15.9 Å². The van der Waals surface area contributed by atoms with Gasteiger partial charge in [-0.3, -0.25) is 9.59 Å². The van der Waals surface area contributed by atoms with Gasteiger partial charge in [-0.25, -0.2) is 19.6 Å². The van der Waals surface area contributed by atoms with Gasteiger partial charge in [-0.05, 0) is 47.3 Å². The number of rotatable bonds is 4. The molecule has 3 aromatic rings. The van der Waals surface area contributed by atoms with E-state index in [0.29, 0.717) is 33.7 Å². The Hall–Kier alpha value is -3.08. The maximum Gasteiger partial charge on any atom is 0.248 e. The van der Waals surface area contributed by atoms with Crippen molar-refractivity contribution >= 4 is 50.4 Å². The number of halogens is 1. The average molecular weight is 473 g/mol. The molecule has 3 aromatic heterocycles. The van der Waals surface area contributed by atoms with Gasteiger partial charge < -0.3 is 16.0 Å². The average Bonchev–Trinajstić information content (AvgIpc) is 3.24. The van der Waals surface area contributed by atoms with Gasteiger partial charge in [0.2, 0.25) is 11.8 Å². The molecule has 3 N–H and O–H groups in total. The smallest absolute Gasteiger partial charge is 0.248 e. The molecule has 0 unspecified atom stereocenters. The van der Waals surface area contributed by atoms with Crippen LogP contribution in [0.5, 0.6) is 0 Å². The van der Waals surface area contributed by atoms with E-state index in [2.05, 4.69) is 41.3 Å². The number of pyridine rings is 1. The van der Waals surface area contributed by atoms with E-state index in [9.17, 15) is 9.59 Å². The zero-order valence-corrected chi connectivity index (χ0v) is 18.1. The summed E-state index contributed by atoms with van der Waals surface area (Å²) in [6, 6.07) is 4.58. The van der Waals surface area contributed by atoms with Gasteiger partial charge in [0.05, 0.1) is 11.6 Å². The summed E-state index contributed by atoms with van der Waals surface area (Å²) in [6.07, 6.45) is 3.45. The molecule has 0 saturated carbocycles. The van der Waals surface area contributed by atoms with Crippen LogP contribution in [0.15, 0.2) is 35.3 Å². The van der Waals surface area contributed by atoms with Crippen LogP contribution in [0, 0.1) is 5.92 Å². The molecule has 1 aliphatic heterocycles. The molecule has 2 amide bonds. The quantitative estimate of drug-likeness (QED) is 0.553. The molecule has 10 nitrogen and oxygen atoms in total. The normalized spacial score (nSPS) is 21.2. The van der Waals surface area contributed by atoms with Crippen LogP contribution in [-0.4, -0.2) is 53.5 Å². The van der Waals surface area contributed by atoms with Crippen molar-refractivity contribution in [2.45, 2.75) is 38.9 Å². The molecule has 4 heterocycles. The molecule has 11 heteroatoms. The summed E-state index contributed by atoms with van der Waals surface area (Å²) in [6.45, 7) is 3.94. The number of nitrogens with zero attached hydrogens (tertiary/aromatic N) is 6. The van der Waals surface area contributed by atoms with E-state index in [1.807, 2.05) is 13.8 Å². The largest absolute Gasteiger partial charge is 0.383 e. The highest BCUT2D eigenvalue weighted by molar-refractivity contribution is 9.10. The number of nitrogens with one attached hydrogen (secondary N) is 1. The van der Waals surface area contributed by atoms with Crippen LogP contribution in [0.25, 0.3) is 11.0 Å². The zero-order valence-electron chi connectivity index (χ0n) is 16.5. The standard InChI is InChI=1S/C19H21BrN8O2/c1-10-6-13(19(30)26-15-5-3-4-14(20)25-15)28(11(10)2)16(29)8-27-18-12(7-24-27)17(21)22-9-23-18/h3-5,7,9-11,13H,6,8H2,1-2H3,(H2,21,22,23)(H,25,26,30)/t10-,11-,13+/m1/s1. The van der Waals surface area contributed by atoms with Gasteiger partial charge in [-0.1, -0.05) is 13.0 Å². The van der Waals surface area contributed by atoms with E-state index in [1.165, 1.54) is 17.2 Å². The minimum Gasteiger partial charge on any atom is -0.383 e. The summed E-state index contributed by atoms with van der Waals surface area (Å²) in [5.74, 6) is 0.436. The third kappa shape index (κ3) is 3.72. The van der Waals surface area contributed by atoms with Crippen molar-refractivity contribution in [2.75, 3.05) is 11.1 Å². The number of hydrogen-bond donors (Lipinski definition) is 2. The lowest BCUT2D eigenvalue weighted by Crippen LogP contribution is -2.47.